The minimum atomic E-state index is 0.591. The van der Waals surface area contributed by atoms with Gasteiger partial charge in [0.25, 0.3) is 0 Å². The summed E-state index contributed by atoms with van der Waals surface area (Å²) in [6.45, 7) is 8.84. The minimum Gasteiger partial charge on any atom is -0.345 e. The normalized spacial score (nSPS) is 28.6. The highest BCUT2D eigenvalue weighted by molar-refractivity contribution is 5.77. The van der Waals surface area contributed by atoms with Crippen LogP contribution in [0.1, 0.15) is 60.9 Å². The average molecular weight is 233 g/mol. The van der Waals surface area contributed by atoms with Gasteiger partial charge in [-0.1, -0.05) is 20.3 Å². The van der Waals surface area contributed by atoms with Crippen LogP contribution in [0.15, 0.2) is 6.07 Å². The van der Waals surface area contributed by atoms with Crippen molar-refractivity contribution in [2.75, 3.05) is 0 Å². The summed E-state index contributed by atoms with van der Waals surface area (Å²) in [5.41, 5.74) is 3.24. The van der Waals surface area contributed by atoms with Crippen LogP contribution in [0.25, 0.3) is 0 Å². The van der Waals surface area contributed by atoms with Gasteiger partial charge in [0, 0.05) is 23.0 Å². The van der Waals surface area contributed by atoms with E-state index >= 15 is 0 Å². The van der Waals surface area contributed by atoms with E-state index in [0.717, 1.165) is 29.4 Å². The molecule has 3 atom stereocenters. The minimum absolute atomic E-state index is 0.591. The number of aromatic nitrogens is 1. The predicted molar refractivity (Wildman–Crippen MR) is 70.5 cm³/mol. The van der Waals surface area contributed by atoms with Gasteiger partial charge in [-0.3, -0.25) is 4.79 Å². The zero-order chi connectivity index (χ0) is 12.6. The fourth-order valence-electron chi connectivity index (χ4n) is 3.60. The van der Waals surface area contributed by atoms with Gasteiger partial charge in [-0.25, -0.2) is 0 Å². The van der Waals surface area contributed by atoms with E-state index in [1.807, 2.05) is 6.07 Å². The molecule has 1 fully saturated rings. The Balaban J connectivity index is 2.35. The van der Waals surface area contributed by atoms with Crippen molar-refractivity contribution >= 4 is 6.29 Å². The van der Waals surface area contributed by atoms with Crippen molar-refractivity contribution in [3.8, 4) is 0 Å². The summed E-state index contributed by atoms with van der Waals surface area (Å²) < 4.78 is 2.39. The number of nitrogens with zero attached hydrogens (tertiary/aromatic N) is 1. The first-order chi connectivity index (χ1) is 8.10. The second-order valence-corrected chi connectivity index (χ2v) is 5.49. The topological polar surface area (TPSA) is 22.0 Å². The number of hydrogen-bond acceptors (Lipinski definition) is 1. The molecule has 0 radical (unpaired) electrons. The molecule has 0 spiro atoms. The molecule has 3 unspecified atom stereocenters. The van der Waals surface area contributed by atoms with E-state index in [9.17, 15) is 4.79 Å². The van der Waals surface area contributed by atoms with Crippen LogP contribution in [0, 0.1) is 25.7 Å². The molecular weight excluding hydrogens is 210 g/mol. The zero-order valence-electron chi connectivity index (χ0n) is 11.4. The van der Waals surface area contributed by atoms with Crippen molar-refractivity contribution in [1.82, 2.24) is 4.57 Å². The van der Waals surface area contributed by atoms with Gasteiger partial charge in [0.15, 0.2) is 6.29 Å². The monoisotopic (exact) mass is 233 g/mol. The van der Waals surface area contributed by atoms with E-state index in [-0.39, 0.29) is 0 Å². The molecule has 1 aromatic rings. The van der Waals surface area contributed by atoms with Crippen molar-refractivity contribution in [2.45, 2.75) is 53.0 Å². The number of carbonyl (C=O) groups is 1. The molecule has 0 aliphatic heterocycles. The van der Waals surface area contributed by atoms with Crippen LogP contribution >= 0.6 is 0 Å². The molecule has 2 nitrogen and oxygen atoms in total. The summed E-state index contributed by atoms with van der Waals surface area (Å²) in [6, 6.07) is 2.61. The van der Waals surface area contributed by atoms with Crippen molar-refractivity contribution < 1.29 is 4.79 Å². The van der Waals surface area contributed by atoms with Crippen LogP contribution in [0.2, 0.25) is 0 Å². The lowest BCUT2D eigenvalue weighted by Gasteiger charge is -2.24. The molecule has 0 amide bonds. The van der Waals surface area contributed by atoms with E-state index in [4.69, 9.17) is 0 Å². The number of aldehydes is 1. The smallest absolute Gasteiger partial charge is 0.151 e. The second-order valence-electron chi connectivity index (χ2n) is 5.49. The third-order valence-electron chi connectivity index (χ3n) is 4.69. The third-order valence-corrected chi connectivity index (χ3v) is 4.69. The molecule has 0 saturated heterocycles. The number of hydrogen-bond donors (Lipinski definition) is 0. The van der Waals surface area contributed by atoms with Crippen molar-refractivity contribution in [1.29, 1.82) is 0 Å². The van der Waals surface area contributed by atoms with Crippen LogP contribution in [0.4, 0.5) is 0 Å². The lowest BCUT2D eigenvalue weighted by Crippen LogP contribution is -2.17. The highest BCUT2D eigenvalue weighted by atomic mass is 16.1. The predicted octanol–water partition coefficient (Wildman–Crippen LogP) is 3.91. The number of carbonyl (C=O) groups excluding carboxylic acids is 1. The third kappa shape index (κ3) is 1.94. The number of rotatable bonds is 3. The fourth-order valence-corrected chi connectivity index (χ4v) is 3.60. The molecular formula is C15H23NO. The first kappa shape index (κ1) is 12.4. The molecule has 1 heterocycles. The van der Waals surface area contributed by atoms with Crippen LogP contribution in [-0.2, 0) is 0 Å². The molecule has 1 aliphatic rings. The molecule has 1 aromatic heterocycles. The average Bonchev–Trinajstić information content (AvgIpc) is 2.80. The summed E-state index contributed by atoms with van der Waals surface area (Å²) in [5, 5.41) is 0. The van der Waals surface area contributed by atoms with Crippen molar-refractivity contribution in [2.24, 2.45) is 11.8 Å². The summed E-state index contributed by atoms with van der Waals surface area (Å²) in [7, 11) is 0. The Morgan fingerprint density at radius 2 is 2.12 bits per heavy atom. The van der Waals surface area contributed by atoms with Crippen molar-refractivity contribution in [3.05, 3.63) is 23.0 Å². The van der Waals surface area contributed by atoms with Gasteiger partial charge in [0.1, 0.15) is 0 Å². The van der Waals surface area contributed by atoms with Crippen LogP contribution < -0.4 is 0 Å². The zero-order valence-corrected chi connectivity index (χ0v) is 11.4. The van der Waals surface area contributed by atoms with E-state index < -0.39 is 0 Å². The largest absolute Gasteiger partial charge is 0.345 e. The summed E-state index contributed by atoms with van der Waals surface area (Å²) in [5.74, 6) is 1.57. The van der Waals surface area contributed by atoms with E-state index in [2.05, 4.69) is 32.3 Å². The van der Waals surface area contributed by atoms with Crippen molar-refractivity contribution in [3.63, 3.8) is 0 Å². The highest BCUT2D eigenvalue weighted by Gasteiger charge is 2.34. The lowest BCUT2D eigenvalue weighted by atomic mass is 9.93. The molecule has 17 heavy (non-hydrogen) atoms. The summed E-state index contributed by atoms with van der Waals surface area (Å²) in [6.07, 6.45) is 4.84. The van der Waals surface area contributed by atoms with E-state index in [1.165, 1.54) is 25.0 Å². The Kier molecular flexibility index (Phi) is 3.41. The molecule has 0 bridgehead atoms. The molecule has 0 aromatic carbocycles. The van der Waals surface area contributed by atoms with Gasteiger partial charge in [-0.15, -0.1) is 0 Å². The Morgan fingerprint density at radius 1 is 1.41 bits per heavy atom. The molecule has 2 heteroatoms. The van der Waals surface area contributed by atoms with Crippen LogP contribution in [-0.4, -0.2) is 10.9 Å². The fraction of sp³-hybridized carbons (Fsp3) is 0.667. The SMILES string of the molecule is CCC1CCC(n2c(C)cc(C=O)c2C)C1C. The first-order valence-corrected chi connectivity index (χ1v) is 6.73. The second kappa shape index (κ2) is 4.67. The standard InChI is InChI=1S/C15H23NO/c1-5-13-6-7-15(11(13)3)16-10(2)8-14(9-17)12(16)4/h8-9,11,13,15H,5-7H2,1-4H3. The quantitative estimate of drug-likeness (QED) is 0.725. The maximum absolute atomic E-state index is 11.0. The Hall–Kier alpha value is -1.05. The van der Waals surface area contributed by atoms with E-state index in [0.29, 0.717) is 6.04 Å². The molecule has 2 rings (SSSR count). The highest BCUT2D eigenvalue weighted by Crippen LogP contribution is 2.43. The molecule has 1 saturated carbocycles. The lowest BCUT2D eigenvalue weighted by molar-refractivity contribution is 0.112. The van der Waals surface area contributed by atoms with Crippen LogP contribution in [0.5, 0.6) is 0 Å². The molecule has 0 N–H and O–H groups in total. The van der Waals surface area contributed by atoms with E-state index in [1.54, 1.807) is 0 Å². The maximum Gasteiger partial charge on any atom is 0.151 e. The molecule has 94 valence electrons. The number of aryl methyl sites for hydroxylation is 1. The van der Waals surface area contributed by atoms with Gasteiger partial charge in [-0.2, -0.15) is 0 Å². The Bertz CT molecular complexity index is 419. The van der Waals surface area contributed by atoms with Gasteiger partial charge in [-0.05, 0) is 44.6 Å². The van der Waals surface area contributed by atoms with Gasteiger partial charge >= 0.3 is 0 Å². The van der Waals surface area contributed by atoms with Gasteiger partial charge in [0.2, 0.25) is 0 Å². The first-order valence-electron chi connectivity index (χ1n) is 6.73. The Morgan fingerprint density at radius 3 is 2.59 bits per heavy atom. The Labute approximate surface area is 104 Å². The van der Waals surface area contributed by atoms with Crippen LogP contribution in [0.3, 0.4) is 0 Å². The maximum atomic E-state index is 11.0. The molecule has 1 aliphatic carbocycles. The van der Waals surface area contributed by atoms with Gasteiger partial charge < -0.3 is 4.57 Å². The summed E-state index contributed by atoms with van der Waals surface area (Å²) >= 11 is 0. The van der Waals surface area contributed by atoms with Gasteiger partial charge in [0.05, 0.1) is 0 Å². The summed E-state index contributed by atoms with van der Waals surface area (Å²) in [4.78, 5) is 11.0.